The van der Waals surface area contributed by atoms with Gasteiger partial charge < -0.3 is 10.6 Å². The molecular formula is C18H26N2O. The first-order valence-electron chi connectivity index (χ1n) is 8.36. The molecule has 2 aliphatic rings. The molecule has 1 unspecified atom stereocenters. The molecule has 0 aromatic heterocycles. The molecule has 1 aliphatic carbocycles. The Balaban J connectivity index is 1.63. The van der Waals surface area contributed by atoms with Gasteiger partial charge in [0.15, 0.2) is 0 Å². The molecule has 1 aromatic carbocycles. The molecule has 3 rings (SSSR count). The van der Waals surface area contributed by atoms with Crippen molar-refractivity contribution in [1.29, 1.82) is 0 Å². The van der Waals surface area contributed by atoms with Gasteiger partial charge in [-0.3, -0.25) is 4.79 Å². The van der Waals surface area contributed by atoms with E-state index in [9.17, 15) is 4.79 Å². The summed E-state index contributed by atoms with van der Waals surface area (Å²) in [7, 11) is 2.04. The number of hydrogen-bond acceptors (Lipinski definition) is 2. The second-order valence-corrected chi connectivity index (χ2v) is 6.56. The van der Waals surface area contributed by atoms with Gasteiger partial charge in [0.05, 0.1) is 6.42 Å². The lowest BCUT2D eigenvalue weighted by molar-refractivity contribution is -0.115. The molecule has 1 fully saturated rings. The van der Waals surface area contributed by atoms with Crippen LogP contribution in [0.4, 0.5) is 5.69 Å². The molecule has 1 heterocycles. The van der Waals surface area contributed by atoms with Crippen LogP contribution in [0, 0.1) is 5.92 Å². The third kappa shape index (κ3) is 3.46. The van der Waals surface area contributed by atoms with Crippen LogP contribution in [-0.4, -0.2) is 13.0 Å². The topological polar surface area (TPSA) is 41.1 Å². The van der Waals surface area contributed by atoms with E-state index < -0.39 is 0 Å². The van der Waals surface area contributed by atoms with Crippen LogP contribution >= 0.6 is 0 Å². The smallest absolute Gasteiger partial charge is 0.228 e. The molecule has 0 radical (unpaired) electrons. The fourth-order valence-corrected chi connectivity index (χ4v) is 3.82. The van der Waals surface area contributed by atoms with E-state index in [0.29, 0.717) is 12.5 Å². The van der Waals surface area contributed by atoms with E-state index in [1.807, 2.05) is 7.05 Å². The van der Waals surface area contributed by atoms with E-state index in [1.165, 1.54) is 50.5 Å². The van der Waals surface area contributed by atoms with Crippen molar-refractivity contribution >= 4 is 11.6 Å². The Morgan fingerprint density at radius 1 is 1.29 bits per heavy atom. The monoisotopic (exact) mass is 286 g/mol. The Kier molecular flexibility index (Phi) is 4.59. The maximum Gasteiger partial charge on any atom is 0.228 e. The Bertz CT molecular complexity index is 506. The van der Waals surface area contributed by atoms with Gasteiger partial charge in [-0.25, -0.2) is 0 Å². The van der Waals surface area contributed by atoms with Gasteiger partial charge in [-0.2, -0.15) is 0 Å². The van der Waals surface area contributed by atoms with Crippen molar-refractivity contribution in [3.8, 4) is 0 Å². The summed E-state index contributed by atoms with van der Waals surface area (Å²) in [6, 6.07) is 6.83. The van der Waals surface area contributed by atoms with E-state index in [-0.39, 0.29) is 5.91 Å². The average molecular weight is 286 g/mol. The summed E-state index contributed by atoms with van der Waals surface area (Å²) in [5.74, 6) is 1.04. The first kappa shape index (κ1) is 14.6. The molecule has 21 heavy (non-hydrogen) atoms. The number of hydrogen-bond donors (Lipinski definition) is 2. The molecule has 1 saturated carbocycles. The lowest BCUT2D eigenvalue weighted by Gasteiger charge is -2.24. The van der Waals surface area contributed by atoms with Crippen LogP contribution in [0.25, 0.3) is 0 Å². The molecule has 1 aromatic rings. The van der Waals surface area contributed by atoms with E-state index in [0.717, 1.165) is 17.2 Å². The van der Waals surface area contributed by atoms with Crippen molar-refractivity contribution in [1.82, 2.24) is 5.32 Å². The van der Waals surface area contributed by atoms with Gasteiger partial charge in [0.1, 0.15) is 0 Å². The van der Waals surface area contributed by atoms with Gasteiger partial charge in [-0.1, -0.05) is 44.2 Å². The van der Waals surface area contributed by atoms with Crippen molar-refractivity contribution in [3.63, 3.8) is 0 Å². The Hall–Kier alpha value is -1.35. The summed E-state index contributed by atoms with van der Waals surface area (Å²) in [5, 5.41) is 6.36. The van der Waals surface area contributed by atoms with Gasteiger partial charge >= 0.3 is 0 Å². The minimum Gasteiger partial charge on any atom is -0.326 e. The van der Waals surface area contributed by atoms with Crippen LogP contribution in [0.2, 0.25) is 0 Å². The fourth-order valence-electron chi connectivity index (χ4n) is 3.82. The van der Waals surface area contributed by atoms with Crippen LogP contribution in [0.3, 0.4) is 0 Å². The second-order valence-electron chi connectivity index (χ2n) is 6.56. The van der Waals surface area contributed by atoms with Gasteiger partial charge in [-0.05, 0) is 43.0 Å². The number of rotatable bonds is 5. The minimum absolute atomic E-state index is 0.116. The predicted octanol–water partition coefficient (Wildman–Crippen LogP) is 3.80. The molecule has 1 atom stereocenters. The lowest BCUT2D eigenvalue weighted by Crippen LogP contribution is -2.18. The molecule has 0 saturated heterocycles. The third-order valence-electron chi connectivity index (χ3n) is 5.09. The fraction of sp³-hybridized carbons (Fsp3) is 0.611. The summed E-state index contributed by atoms with van der Waals surface area (Å²) in [5.41, 5.74) is 3.46. The maximum absolute atomic E-state index is 11.5. The van der Waals surface area contributed by atoms with Crippen LogP contribution < -0.4 is 10.6 Å². The summed E-state index contributed by atoms with van der Waals surface area (Å²) in [4.78, 5) is 11.5. The molecule has 1 aliphatic heterocycles. The quantitative estimate of drug-likeness (QED) is 0.864. The van der Waals surface area contributed by atoms with E-state index >= 15 is 0 Å². The van der Waals surface area contributed by atoms with Crippen molar-refractivity contribution in [3.05, 3.63) is 29.3 Å². The molecule has 1 amide bonds. The highest BCUT2D eigenvalue weighted by molar-refractivity contribution is 5.99. The Labute approximate surface area is 127 Å². The summed E-state index contributed by atoms with van der Waals surface area (Å²) >= 11 is 0. The molecule has 3 heteroatoms. The zero-order chi connectivity index (χ0) is 14.7. The number of carbonyl (C=O) groups excluding carboxylic acids is 1. The van der Waals surface area contributed by atoms with Gasteiger partial charge in [0, 0.05) is 11.7 Å². The summed E-state index contributed by atoms with van der Waals surface area (Å²) in [6.07, 6.45) is 10.1. The third-order valence-corrected chi connectivity index (χ3v) is 5.09. The van der Waals surface area contributed by atoms with Crippen molar-refractivity contribution in [2.45, 2.75) is 57.4 Å². The molecule has 0 bridgehead atoms. The van der Waals surface area contributed by atoms with Crippen molar-refractivity contribution in [2.24, 2.45) is 5.92 Å². The average Bonchev–Trinajstić information content (AvgIpc) is 2.88. The van der Waals surface area contributed by atoms with E-state index in [1.54, 1.807) is 0 Å². The lowest BCUT2D eigenvalue weighted by atomic mass is 9.84. The highest BCUT2D eigenvalue weighted by atomic mass is 16.1. The number of benzene rings is 1. The molecule has 114 valence electrons. The van der Waals surface area contributed by atoms with Gasteiger partial charge in [-0.15, -0.1) is 0 Å². The highest BCUT2D eigenvalue weighted by Gasteiger charge is 2.20. The van der Waals surface area contributed by atoms with Crippen LogP contribution in [0.15, 0.2) is 18.2 Å². The molecule has 3 nitrogen and oxygen atoms in total. The molecule has 2 N–H and O–H groups in total. The second kappa shape index (κ2) is 6.61. The van der Waals surface area contributed by atoms with Crippen LogP contribution in [0.1, 0.15) is 62.1 Å². The van der Waals surface area contributed by atoms with Crippen molar-refractivity contribution < 1.29 is 4.79 Å². The standard InChI is InChI=1S/C18H26N2O/c1-19-16(9-7-13-5-3-2-4-6-13)14-8-10-17-15(11-14)12-18(21)20-17/h8,10-11,13,16,19H,2-7,9,12H2,1H3,(H,20,21). The number of nitrogens with one attached hydrogen (secondary N) is 2. The summed E-state index contributed by atoms with van der Waals surface area (Å²) in [6.45, 7) is 0. The number of anilines is 1. The Morgan fingerprint density at radius 3 is 2.86 bits per heavy atom. The number of fused-ring (bicyclic) bond motifs is 1. The van der Waals surface area contributed by atoms with Crippen LogP contribution in [-0.2, 0) is 11.2 Å². The predicted molar refractivity (Wildman–Crippen MR) is 86.4 cm³/mol. The largest absolute Gasteiger partial charge is 0.326 e. The zero-order valence-electron chi connectivity index (χ0n) is 13.0. The highest BCUT2D eigenvalue weighted by Crippen LogP contribution is 2.32. The van der Waals surface area contributed by atoms with Gasteiger partial charge in [0.2, 0.25) is 5.91 Å². The molecular weight excluding hydrogens is 260 g/mol. The van der Waals surface area contributed by atoms with E-state index in [4.69, 9.17) is 0 Å². The van der Waals surface area contributed by atoms with E-state index in [2.05, 4.69) is 28.8 Å². The van der Waals surface area contributed by atoms with Crippen molar-refractivity contribution in [2.75, 3.05) is 12.4 Å². The SMILES string of the molecule is CNC(CCC1CCCCC1)c1ccc2c(c1)CC(=O)N2. The normalized spacial score (nSPS) is 20.1. The van der Waals surface area contributed by atoms with Gasteiger partial charge in [0.25, 0.3) is 0 Å². The first-order valence-corrected chi connectivity index (χ1v) is 8.36. The summed E-state index contributed by atoms with van der Waals surface area (Å²) < 4.78 is 0. The molecule has 0 spiro atoms. The number of amides is 1. The first-order chi connectivity index (χ1) is 10.3. The maximum atomic E-state index is 11.5. The number of carbonyl (C=O) groups is 1. The minimum atomic E-state index is 0.116. The van der Waals surface area contributed by atoms with Crippen LogP contribution in [0.5, 0.6) is 0 Å². The Morgan fingerprint density at radius 2 is 2.10 bits per heavy atom. The zero-order valence-corrected chi connectivity index (χ0v) is 13.0.